The van der Waals surface area contributed by atoms with Crippen LogP contribution in [0.1, 0.15) is 11.3 Å². The van der Waals surface area contributed by atoms with E-state index < -0.39 is 11.9 Å². The smallest absolute Gasteiger partial charge is 0.384 e. The van der Waals surface area contributed by atoms with Gasteiger partial charge in [0, 0.05) is 17.7 Å². The first-order valence-electron chi connectivity index (χ1n) is 6.15. The summed E-state index contributed by atoms with van der Waals surface area (Å²) in [5, 5.41) is 4.01. The van der Waals surface area contributed by atoms with Crippen molar-refractivity contribution in [2.45, 2.75) is 13.1 Å². The topological polar surface area (TPSA) is 56.2 Å². The van der Waals surface area contributed by atoms with Crippen molar-refractivity contribution in [3.63, 3.8) is 0 Å². The van der Waals surface area contributed by atoms with E-state index in [4.69, 9.17) is 5.73 Å². The fourth-order valence-corrected chi connectivity index (χ4v) is 2.14. The lowest BCUT2D eigenvalue weighted by atomic mass is 10.1. The van der Waals surface area contributed by atoms with E-state index in [0.717, 1.165) is 21.7 Å². The van der Waals surface area contributed by atoms with Gasteiger partial charge in [-0.15, -0.1) is 0 Å². The van der Waals surface area contributed by atoms with Crippen molar-refractivity contribution in [1.29, 1.82) is 0 Å². The average Bonchev–Trinajstić information content (AvgIpc) is 2.80. The van der Waals surface area contributed by atoms with Crippen LogP contribution in [0.25, 0.3) is 16.9 Å². The molecule has 0 radical (unpaired) electrons. The molecule has 3 rings (SSSR count). The fourth-order valence-electron chi connectivity index (χ4n) is 2.14. The van der Waals surface area contributed by atoms with Gasteiger partial charge >= 0.3 is 6.18 Å². The molecule has 2 N–H and O–H groups in total. The number of fused-ring (bicyclic) bond motifs is 1. The number of nitrogens with two attached hydrogens (primary N) is 1. The van der Waals surface area contributed by atoms with Crippen LogP contribution >= 0.6 is 0 Å². The number of alkyl halides is 3. The molecule has 7 heteroatoms. The van der Waals surface area contributed by atoms with Crippen molar-refractivity contribution in [1.82, 2.24) is 14.6 Å². The second-order valence-electron chi connectivity index (χ2n) is 4.73. The van der Waals surface area contributed by atoms with E-state index in [-0.39, 0.29) is 11.5 Å². The summed E-state index contributed by atoms with van der Waals surface area (Å²) < 4.78 is 39.9. The Morgan fingerprint density at radius 2 is 1.90 bits per heavy atom. The van der Waals surface area contributed by atoms with Gasteiger partial charge in [0.25, 0.3) is 0 Å². The summed E-state index contributed by atoms with van der Waals surface area (Å²) in [5.74, 6) is -0.189. The third-order valence-electron chi connectivity index (χ3n) is 3.05. The lowest BCUT2D eigenvalue weighted by Gasteiger charge is -2.08. The van der Waals surface area contributed by atoms with Crippen molar-refractivity contribution >= 4 is 11.5 Å². The molecule has 0 aliphatic rings. The highest BCUT2D eigenvalue weighted by atomic mass is 19.4. The van der Waals surface area contributed by atoms with Crippen LogP contribution in [-0.2, 0) is 6.18 Å². The summed E-state index contributed by atoms with van der Waals surface area (Å²) in [6, 6.07) is 9.61. The van der Waals surface area contributed by atoms with E-state index in [2.05, 4.69) is 10.1 Å². The molecule has 3 aromatic rings. The van der Waals surface area contributed by atoms with Crippen LogP contribution in [0.4, 0.5) is 19.0 Å². The SMILES string of the molecule is Cc1cccc(-c2cc3nc(N)cc(C(F)(F)F)n3n2)c1. The molecule has 0 spiro atoms. The van der Waals surface area contributed by atoms with E-state index in [1.54, 1.807) is 6.07 Å². The van der Waals surface area contributed by atoms with Gasteiger partial charge in [-0.25, -0.2) is 9.50 Å². The summed E-state index contributed by atoms with van der Waals surface area (Å²) >= 11 is 0. The van der Waals surface area contributed by atoms with Gasteiger partial charge in [-0.2, -0.15) is 18.3 Å². The molecule has 2 heterocycles. The molecule has 0 atom stereocenters. The Balaban J connectivity index is 2.25. The molecule has 0 saturated heterocycles. The minimum atomic E-state index is -4.55. The summed E-state index contributed by atoms with van der Waals surface area (Å²) in [6.45, 7) is 1.90. The van der Waals surface area contributed by atoms with Gasteiger partial charge in [0.2, 0.25) is 0 Å². The molecule has 0 saturated carbocycles. The number of rotatable bonds is 1. The second kappa shape index (κ2) is 4.47. The Morgan fingerprint density at radius 1 is 1.14 bits per heavy atom. The minimum Gasteiger partial charge on any atom is -0.384 e. The van der Waals surface area contributed by atoms with Gasteiger partial charge in [-0.1, -0.05) is 23.8 Å². The zero-order valence-corrected chi connectivity index (χ0v) is 11.0. The quantitative estimate of drug-likeness (QED) is 0.748. The van der Waals surface area contributed by atoms with Crippen molar-refractivity contribution in [2.75, 3.05) is 5.73 Å². The van der Waals surface area contributed by atoms with Gasteiger partial charge in [0.1, 0.15) is 5.82 Å². The molecule has 0 aliphatic carbocycles. The van der Waals surface area contributed by atoms with Gasteiger partial charge in [-0.3, -0.25) is 0 Å². The van der Waals surface area contributed by atoms with Gasteiger partial charge in [0.15, 0.2) is 11.3 Å². The van der Waals surface area contributed by atoms with Crippen LogP contribution < -0.4 is 5.73 Å². The molecule has 2 aromatic heterocycles. The van der Waals surface area contributed by atoms with E-state index >= 15 is 0 Å². The summed E-state index contributed by atoms with van der Waals surface area (Å²) in [7, 11) is 0. The lowest BCUT2D eigenvalue weighted by molar-refractivity contribution is -0.142. The largest absolute Gasteiger partial charge is 0.433 e. The molecule has 0 aliphatic heterocycles. The molecular weight excluding hydrogens is 281 g/mol. The molecular formula is C14H11F3N4. The molecule has 0 unspecified atom stereocenters. The molecule has 0 amide bonds. The molecule has 0 bridgehead atoms. The standard InChI is InChI=1S/C14H11F3N4/c1-8-3-2-4-9(5-8)10-6-13-19-12(18)7-11(14(15,16)17)21(13)20-10/h2-7H,1H3,(H2,18,19). The normalized spacial score (nSPS) is 12.0. The van der Waals surface area contributed by atoms with Crippen molar-refractivity contribution in [3.05, 3.63) is 47.7 Å². The number of hydrogen-bond donors (Lipinski definition) is 1. The van der Waals surface area contributed by atoms with Crippen LogP contribution in [0.3, 0.4) is 0 Å². The second-order valence-corrected chi connectivity index (χ2v) is 4.73. The lowest BCUT2D eigenvalue weighted by Crippen LogP contribution is -2.14. The Bertz CT molecular complexity index is 821. The Morgan fingerprint density at radius 3 is 2.57 bits per heavy atom. The Labute approximate surface area is 118 Å². The number of anilines is 1. The number of nitrogens with zero attached hydrogens (tertiary/aromatic N) is 3. The zero-order chi connectivity index (χ0) is 15.2. The van der Waals surface area contributed by atoms with Crippen molar-refractivity contribution in [3.8, 4) is 11.3 Å². The molecule has 21 heavy (non-hydrogen) atoms. The number of halogens is 3. The van der Waals surface area contributed by atoms with E-state index in [1.807, 2.05) is 25.1 Å². The summed E-state index contributed by atoms with van der Waals surface area (Å²) in [6.07, 6.45) is -4.55. The molecule has 1 aromatic carbocycles. The molecule has 4 nitrogen and oxygen atoms in total. The van der Waals surface area contributed by atoms with Crippen LogP contribution in [0.15, 0.2) is 36.4 Å². The van der Waals surface area contributed by atoms with Gasteiger partial charge in [-0.05, 0) is 13.0 Å². The van der Waals surface area contributed by atoms with Crippen molar-refractivity contribution in [2.24, 2.45) is 0 Å². The zero-order valence-electron chi connectivity index (χ0n) is 11.0. The predicted molar refractivity (Wildman–Crippen MR) is 72.6 cm³/mol. The summed E-state index contributed by atoms with van der Waals surface area (Å²) in [5.41, 5.74) is 6.71. The average molecular weight is 292 g/mol. The molecule has 108 valence electrons. The molecule has 0 fully saturated rings. The first kappa shape index (κ1) is 13.4. The van der Waals surface area contributed by atoms with Gasteiger partial charge < -0.3 is 5.73 Å². The highest BCUT2D eigenvalue weighted by Gasteiger charge is 2.35. The number of benzene rings is 1. The van der Waals surface area contributed by atoms with Crippen LogP contribution in [0.5, 0.6) is 0 Å². The first-order chi connectivity index (χ1) is 9.84. The highest BCUT2D eigenvalue weighted by Crippen LogP contribution is 2.31. The Hall–Kier alpha value is -2.57. The number of nitrogen functional groups attached to an aromatic ring is 1. The number of aryl methyl sites for hydroxylation is 1. The maximum absolute atomic E-state index is 13.0. The monoisotopic (exact) mass is 292 g/mol. The van der Waals surface area contributed by atoms with Gasteiger partial charge in [0.05, 0.1) is 5.69 Å². The number of hydrogen-bond acceptors (Lipinski definition) is 3. The van der Waals surface area contributed by atoms with E-state index in [9.17, 15) is 13.2 Å². The van der Waals surface area contributed by atoms with Crippen molar-refractivity contribution < 1.29 is 13.2 Å². The summed E-state index contributed by atoms with van der Waals surface area (Å²) in [4.78, 5) is 3.90. The van der Waals surface area contributed by atoms with Crippen LogP contribution in [-0.4, -0.2) is 14.6 Å². The van der Waals surface area contributed by atoms with E-state index in [1.165, 1.54) is 6.07 Å². The first-order valence-corrected chi connectivity index (χ1v) is 6.15. The maximum atomic E-state index is 13.0. The highest BCUT2D eigenvalue weighted by molar-refractivity contribution is 5.65. The third kappa shape index (κ3) is 2.42. The number of aromatic nitrogens is 3. The Kier molecular flexibility index (Phi) is 2.86. The third-order valence-corrected chi connectivity index (χ3v) is 3.05. The predicted octanol–water partition coefficient (Wildman–Crippen LogP) is 3.31. The van der Waals surface area contributed by atoms with Crippen LogP contribution in [0, 0.1) is 6.92 Å². The maximum Gasteiger partial charge on any atom is 0.433 e. The van der Waals surface area contributed by atoms with E-state index in [0.29, 0.717) is 5.69 Å². The minimum absolute atomic E-state index is 0.0684. The fraction of sp³-hybridized carbons (Fsp3) is 0.143. The van der Waals surface area contributed by atoms with Crippen LogP contribution in [0.2, 0.25) is 0 Å².